The molecular weight excluding hydrogens is 230 g/mol. The van der Waals surface area contributed by atoms with Gasteiger partial charge in [-0.15, -0.1) is 0 Å². The molecule has 4 heteroatoms. The predicted octanol–water partition coefficient (Wildman–Crippen LogP) is 2.37. The lowest BCUT2D eigenvalue weighted by molar-refractivity contribution is -0.132. The second-order valence-corrected chi connectivity index (χ2v) is 5.34. The van der Waals surface area contributed by atoms with Crippen molar-refractivity contribution in [1.29, 1.82) is 0 Å². The lowest BCUT2D eigenvalue weighted by Crippen LogP contribution is -2.46. The molecule has 0 aliphatic carbocycles. The van der Waals surface area contributed by atoms with E-state index in [1.54, 1.807) is 31.4 Å². The molecule has 0 unspecified atom stereocenters. The topological polar surface area (TPSA) is 46.6 Å². The van der Waals surface area contributed by atoms with Crippen LogP contribution in [0.25, 0.3) is 0 Å². The van der Waals surface area contributed by atoms with E-state index in [2.05, 4.69) is 0 Å². The van der Waals surface area contributed by atoms with Gasteiger partial charge in [-0.2, -0.15) is 0 Å². The fourth-order valence-electron chi connectivity index (χ4n) is 2.20. The summed E-state index contributed by atoms with van der Waals surface area (Å²) in [4.78, 5) is 25.4. The van der Waals surface area contributed by atoms with Gasteiger partial charge in [0, 0.05) is 12.8 Å². The number of nitrogens with zero attached hydrogens (tertiary/aromatic N) is 1. The molecule has 1 fully saturated rings. The van der Waals surface area contributed by atoms with Crippen molar-refractivity contribution in [3.63, 3.8) is 0 Å². The molecule has 0 spiro atoms. The molecular formula is C14H17NO3. The third kappa shape index (κ3) is 2.37. The first-order valence-corrected chi connectivity index (χ1v) is 5.93. The van der Waals surface area contributed by atoms with Gasteiger partial charge in [-0.25, -0.2) is 0 Å². The quantitative estimate of drug-likeness (QED) is 0.754. The third-order valence-electron chi connectivity index (χ3n) is 3.09. The predicted molar refractivity (Wildman–Crippen MR) is 68.5 cm³/mol. The van der Waals surface area contributed by atoms with Crippen molar-refractivity contribution in [1.82, 2.24) is 0 Å². The van der Waals surface area contributed by atoms with E-state index in [0.717, 1.165) is 0 Å². The number of piperidine rings is 1. The first-order chi connectivity index (χ1) is 8.43. The summed E-state index contributed by atoms with van der Waals surface area (Å²) in [5, 5.41) is 0. The normalized spacial score (nSPS) is 18.9. The van der Waals surface area contributed by atoms with Crippen LogP contribution in [0, 0.1) is 5.41 Å². The second-order valence-electron chi connectivity index (χ2n) is 5.34. The van der Waals surface area contributed by atoms with E-state index in [9.17, 15) is 9.59 Å². The van der Waals surface area contributed by atoms with Crippen molar-refractivity contribution in [3.05, 3.63) is 24.3 Å². The van der Waals surface area contributed by atoms with Crippen LogP contribution in [0.2, 0.25) is 0 Å². The van der Waals surface area contributed by atoms with Crippen molar-refractivity contribution in [2.45, 2.75) is 26.7 Å². The van der Waals surface area contributed by atoms with Gasteiger partial charge in [0.1, 0.15) is 5.75 Å². The average molecular weight is 247 g/mol. The second kappa shape index (κ2) is 4.44. The minimum absolute atomic E-state index is 0.138. The van der Waals surface area contributed by atoms with E-state index >= 15 is 0 Å². The zero-order valence-corrected chi connectivity index (χ0v) is 10.9. The Bertz CT molecular complexity index is 456. The van der Waals surface area contributed by atoms with Gasteiger partial charge in [-0.1, -0.05) is 13.8 Å². The standard InChI is InChI=1S/C14H17NO3/c1-14(2)8-12(16)15(13(17)9-14)10-4-6-11(18-3)7-5-10/h4-7H,8-9H2,1-3H3. The largest absolute Gasteiger partial charge is 0.497 e. The van der Waals surface area contributed by atoms with Crippen LogP contribution in [0.15, 0.2) is 24.3 Å². The van der Waals surface area contributed by atoms with Gasteiger partial charge in [0.2, 0.25) is 11.8 Å². The Labute approximate surface area is 107 Å². The zero-order chi connectivity index (χ0) is 13.3. The molecule has 1 aliphatic heterocycles. The molecule has 0 aromatic heterocycles. The van der Waals surface area contributed by atoms with Gasteiger partial charge in [0.15, 0.2) is 0 Å². The number of ether oxygens (including phenoxy) is 1. The number of amides is 2. The Morgan fingerprint density at radius 1 is 1.06 bits per heavy atom. The van der Waals surface area contributed by atoms with E-state index in [-0.39, 0.29) is 17.2 Å². The van der Waals surface area contributed by atoms with Crippen molar-refractivity contribution in [2.75, 3.05) is 12.0 Å². The number of benzene rings is 1. The number of methoxy groups -OCH3 is 1. The molecule has 18 heavy (non-hydrogen) atoms. The number of imide groups is 1. The van der Waals surface area contributed by atoms with E-state index in [1.807, 2.05) is 13.8 Å². The molecule has 0 radical (unpaired) electrons. The van der Waals surface area contributed by atoms with Gasteiger partial charge in [0.05, 0.1) is 12.8 Å². The van der Waals surface area contributed by atoms with Crippen LogP contribution in [0.4, 0.5) is 5.69 Å². The van der Waals surface area contributed by atoms with Gasteiger partial charge in [-0.3, -0.25) is 14.5 Å². The summed E-state index contributed by atoms with van der Waals surface area (Å²) < 4.78 is 5.05. The molecule has 1 aliphatic rings. The number of hydrogen-bond acceptors (Lipinski definition) is 3. The van der Waals surface area contributed by atoms with Crippen LogP contribution in [-0.4, -0.2) is 18.9 Å². The molecule has 0 atom stereocenters. The van der Waals surface area contributed by atoms with Gasteiger partial charge in [0.25, 0.3) is 0 Å². The summed E-state index contributed by atoms with van der Waals surface area (Å²) in [5.74, 6) is 0.429. The third-order valence-corrected chi connectivity index (χ3v) is 3.09. The smallest absolute Gasteiger partial charge is 0.234 e. The Kier molecular flexibility index (Phi) is 3.11. The highest BCUT2D eigenvalue weighted by Crippen LogP contribution is 2.34. The Balaban J connectivity index is 2.27. The first-order valence-electron chi connectivity index (χ1n) is 5.93. The van der Waals surface area contributed by atoms with Crippen LogP contribution in [0.5, 0.6) is 5.75 Å². The summed E-state index contributed by atoms with van der Waals surface area (Å²) >= 11 is 0. The van der Waals surface area contributed by atoms with Gasteiger partial charge < -0.3 is 4.74 Å². The highest BCUT2D eigenvalue weighted by atomic mass is 16.5. The van der Waals surface area contributed by atoms with Crippen molar-refractivity contribution in [3.8, 4) is 5.75 Å². The van der Waals surface area contributed by atoms with Crippen LogP contribution >= 0.6 is 0 Å². The summed E-state index contributed by atoms with van der Waals surface area (Å²) in [6.07, 6.45) is 0.787. The molecule has 4 nitrogen and oxygen atoms in total. The Morgan fingerprint density at radius 2 is 1.56 bits per heavy atom. The van der Waals surface area contributed by atoms with Crippen LogP contribution in [0.3, 0.4) is 0 Å². The van der Waals surface area contributed by atoms with Crippen LogP contribution in [0.1, 0.15) is 26.7 Å². The monoisotopic (exact) mass is 247 g/mol. The van der Waals surface area contributed by atoms with Crippen LogP contribution in [-0.2, 0) is 9.59 Å². The maximum atomic E-state index is 12.0. The van der Waals surface area contributed by atoms with Gasteiger partial charge in [-0.05, 0) is 29.7 Å². The molecule has 1 aromatic carbocycles. The molecule has 1 heterocycles. The number of anilines is 1. The average Bonchev–Trinajstić information content (AvgIpc) is 2.27. The molecule has 2 amide bonds. The summed E-state index contributed by atoms with van der Waals surface area (Å²) in [6, 6.07) is 6.95. The minimum atomic E-state index is -0.239. The van der Waals surface area contributed by atoms with Crippen LogP contribution < -0.4 is 9.64 Å². The molecule has 2 rings (SSSR count). The Morgan fingerprint density at radius 3 is 2.00 bits per heavy atom. The number of hydrogen-bond donors (Lipinski definition) is 0. The molecule has 0 saturated carbocycles. The SMILES string of the molecule is COc1ccc(N2C(=O)CC(C)(C)CC2=O)cc1. The van der Waals surface area contributed by atoms with E-state index in [0.29, 0.717) is 24.3 Å². The first kappa shape index (κ1) is 12.6. The maximum Gasteiger partial charge on any atom is 0.234 e. The molecule has 96 valence electrons. The van der Waals surface area contributed by atoms with Crippen molar-refractivity contribution < 1.29 is 14.3 Å². The van der Waals surface area contributed by atoms with E-state index in [4.69, 9.17) is 4.74 Å². The lowest BCUT2D eigenvalue weighted by atomic mass is 9.81. The molecule has 0 N–H and O–H groups in total. The fourth-order valence-corrected chi connectivity index (χ4v) is 2.20. The minimum Gasteiger partial charge on any atom is -0.497 e. The lowest BCUT2D eigenvalue weighted by Gasteiger charge is -2.34. The molecule has 1 saturated heterocycles. The Hall–Kier alpha value is -1.84. The fraction of sp³-hybridized carbons (Fsp3) is 0.429. The van der Waals surface area contributed by atoms with E-state index < -0.39 is 0 Å². The highest BCUT2D eigenvalue weighted by molar-refractivity contribution is 6.16. The van der Waals surface area contributed by atoms with E-state index in [1.165, 1.54) is 4.90 Å². The number of carbonyl (C=O) groups excluding carboxylic acids is 2. The van der Waals surface area contributed by atoms with Gasteiger partial charge >= 0.3 is 0 Å². The molecule has 1 aromatic rings. The summed E-state index contributed by atoms with van der Waals surface area (Å²) in [6.45, 7) is 3.88. The summed E-state index contributed by atoms with van der Waals surface area (Å²) in [7, 11) is 1.58. The number of carbonyl (C=O) groups is 2. The maximum absolute atomic E-state index is 12.0. The molecule has 0 bridgehead atoms. The van der Waals surface area contributed by atoms with Crippen molar-refractivity contribution in [2.24, 2.45) is 5.41 Å². The zero-order valence-electron chi connectivity index (χ0n) is 10.9. The number of rotatable bonds is 2. The summed E-state index contributed by atoms with van der Waals surface area (Å²) in [5.41, 5.74) is 0.373. The highest BCUT2D eigenvalue weighted by Gasteiger charge is 2.38. The van der Waals surface area contributed by atoms with Crippen molar-refractivity contribution >= 4 is 17.5 Å².